The second kappa shape index (κ2) is 16.5. The molecule has 0 aliphatic heterocycles. The van der Waals surface area contributed by atoms with Crippen molar-refractivity contribution in [2.24, 2.45) is 0 Å². The first-order valence-corrected chi connectivity index (χ1v) is 13.7. The Kier molecular flexibility index (Phi) is 13.5. The van der Waals surface area contributed by atoms with Crippen molar-refractivity contribution in [1.29, 1.82) is 0 Å². The summed E-state index contributed by atoms with van der Waals surface area (Å²) in [5, 5.41) is 0. The third-order valence-electron chi connectivity index (χ3n) is 6.02. The van der Waals surface area contributed by atoms with Gasteiger partial charge in [-0.2, -0.15) is 0 Å². The van der Waals surface area contributed by atoms with Crippen LogP contribution in [-0.2, 0) is 22.6 Å². The fourth-order valence-electron chi connectivity index (χ4n) is 3.97. The fraction of sp³-hybridized carbons (Fsp3) is 0.500. The lowest BCUT2D eigenvalue weighted by Crippen LogP contribution is -2.36. The predicted molar refractivity (Wildman–Crippen MR) is 152 cm³/mol. The van der Waals surface area contributed by atoms with Gasteiger partial charge >= 0.3 is 12.1 Å². The molecule has 0 saturated heterocycles. The first-order chi connectivity index (χ1) is 18.2. The molecular weight excluding hydrogens is 478 g/mol. The summed E-state index contributed by atoms with van der Waals surface area (Å²) in [6, 6.07) is 14.9. The normalized spacial score (nSPS) is 11.1. The number of hydrogen-bond donors (Lipinski definition) is 0. The van der Waals surface area contributed by atoms with Crippen LogP contribution in [0, 0.1) is 0 Å². The Morgan fingerprint density at radius 1 is 0.816 bits per heavy atom. The summed E-state index contributed by atoms with van der Waals surface area (Å²) in [7, 11) is 1.35. The zero-order valence-electron chi connectivity index (χ0n) is 23.7. The van der Waals surface area contributed by atoms with E-state index < -0.39 is 17.7 Å². The number of nitrogens with zero attached hydrogens (tertiary/aromatic N) is 1. The van der Waals surface area contributed by atoms with Crippen LogP contribution in [0.2, 0.25) is 0 Å². The molecule has 0 aliphatic rings. The molecule has 38 heavy (non-hydrogen) atoms. The van der Waals surface area contributed by atoms with Crippen LogP contribution in [0.4, 0.5) is 4.79 Å². The van der Waals surface area contributed by atoms with Crippen molar-refractivity contribution in [1.82, 2.24) is 4.90 Å². The number of carbonyl (C=O) groups is 2. The average molecular weight is 524 g/mol. The number of benzene rings is 2. The van der Waals surface area contributed by atoms with Crippen LogP contribution >= 0.6 is 0 Å². The zero-order chi connectivity index (χ0) is 27.8. The van der Waals surface area contributed by atoms with Gasteiger partial charge in [0.25, 0.3) is 0 Å². The highest BCUT2D eigenvalue weighted by Gasteiger charge is 2.23. The number of unbranched alkanes of at least 4 members (excludes halogenated alkanes) is 7. The molecule has 0 N–H and O–H groups in total. The molecule has 6 heteroatoms. The van der Waals surface area contributed by atoms with Crippen LogP contribution in [0.15, 0.2) is 61.2 Å². The summed E-state index contributed by atoms with van der Waals surface area (Å²) in [6.45, 7) is 10.8. The molecule has 0 fully saturated rings. The minimum Gasteiger partial charge on any atom is -0.494 e. The average Bonchev–Trinajstić information content (AvgIpc) is 2.89. The number of carbonyl (C=O) groups excluding carboxylic acids is 2. The number of allylic oxidation sites excluding steroid dienone is 1. The Balaban J connectivity index is 1.87. The number of amides is 1. The molecule has 0 radical (unpaired) electrons. The maximum absolute atomic E-state index is 13.0. The van der Waals surface area contributed by atoms with Crippen molar-refractivity contribution in [2.45, 2.75) is 90.8 Å². The van der Waals surface area contributed by atoms with E-state index in [1.54, 1.807) is 17.0 Å². The van der Waals surface area contributed by atoms with Crippen LogP contribution in [-0.4, -0.2) is 36.3 Å². The van der Waals surface area contributed by atoms with Crippen LogP contribution in [0.25, 0.3) is 0 Å². The van der Waals surface area contributed by atoms with E-state index in [0.29, 0.717) is 25.3 Å². The van der Waals surface area contributed by atoms with Crippen LogP contribution in [0.1, 0.15) is 93.6 Å². The van der Waals surface area contributed by atoms with Crippen LogP contribution in [0.5, 0.6) is 5.75 Å². The van der Waals surface area contributed by atoms with Crippen molar-refractivity contribution >= 4 is 12.1 Å². The van der Waals surface area contributed by atoms with E-state index in [1.807, 2.05) is 63.2 Å². The molecule has 0 spiro atoms. The van der Waals surface area contributed by atoms with E-state index in [9.17, 15) is 9.59 Å². The van der Waals surface area contributed by atoms with E-state index >= 15 is 0 Å². The maximum Gasteiger partial charge on any atom is 0.410 e. The van der Waals surface area contributed by atoms with Gasteiger partial charge in [-0.05, 0) is 75.4 Å². The molecule has 0 bridgehead atoms. The highest BCUT2D eigenvalue weighted by atomic mass is 16.6. The van der Waals surface area contributed by atoms with Gasteiger partial charge in [-0.15, -0.1) is 6.58 Å². The van der Waals surface area contributed by atoms with Crippen LogP contribution < -0.4 is 4.74 Å². The van der Waals surface area contributed by atoms with Crippen molar-refractivity contribution in [3.63, 3.8) is 0 Å². The number of methoxy groups -OCH3 is 1. The van der Waals surface area contributed by atoms with Crippen molar-refractivity contribution < 1.29 is 23.8 Å². The first-order valence-electron chi connectivity index (χ1n) is 13.7. The minimum atomic E-state index is -0.604. The van der Waals surface area contributed by atoms with E-state index in [0.717, 1.165) is 29.7 Å². The molecule has 2 aromatic rings. The molecule has 0 aromatic heterocycles. The minimum absolute atomic E-state index is 0.350. The van der Waals surface area contributed by atoms with Crippen molar-refractivity contribution in [3.05, 3.63) is 77.9 Å². The van der Waals surface area contributed by atoms with Crippen molar-refractivity contribution in [2.75, 3.05) is 13.7 Å². The first kappa shape index (κ1) is 30.9. The van der Waals surface area contributed by atoms with E-state index in [1.165, 1.54) is 45.6 Å². The smallest absolute Gasteiger partial charge is 0.410 e. The Labute approximate surface area is 229 Å². The van der Waals surface area contributed by atoms with Crippen molar-refractivity contribution in [3.8, 4) is 5.75 Å². The number of ether oxygens (including phenoxy) is 3. The lowest BCUT2D eigenvalue weighted by molar-refractivity contribution is 0.0216. The molecule has 0 saturated carbocycles. The third kappa shape index (κ3) is 12.3. The van der Waals surface area contributed by atoms with Gasteiger partial charge in [0.1, 0.15) is 11.4 Å². The Morgan fingerprint density at radius 3 is 1.87 bits per heavy atom. The predicted octanol–water partition coefficient (Wildman–Crippen LogP) is 8.10. The largest absolute Gasteiger partial charge is 0.494 e. The lowest BCUT2D eigenvalue weighted by Gasteiger charge is -2.27. The van der Waals surface area contributed by atoms with Gasteiger partial charge in [0.2, 0.25) is 0 Å². The molecular formula is C32H45NO5. The van der Waals surface area contributed by atoms with Gasteiger partial charge in [-0.25, -0.2) is 9.59 Å². The van der Waals surface area contributed by atoms with Gasteiger partial charge in [-0.1, -0.05) is 62.4 Å². The summed E-state index contributed by atoms with van der Waals surface area (Å²) >= 11 is 0. The van der Waals surface area contributed by atoms with Gasteiger partial charge in [-0.3, -0.25) is 4.90 Å². The highest BCUT2D eigenvalue weighted by molar-refractivity contribution is 5.89. The third-order valence-corrected chi connectivity index (χ3v) is 6.02. The van der Waals surface area contributed by atoms with E-state index in [4.69, 9.17) is 14.2 Å². The molecule has 0 unspecified atom stereocenters. The summed E-state index contributed by atoms with van der Waals surface area (Å²) in [4.78, 5) is 26.4. The van der Waals surface area contributed by atoms with E-state index in [-0.39, 0.29) is 0 Å². The van der Waals surface area contributed by atoms with Gasteiger partial charge in [0, 0.05) is 13.1 Å². The molecule has 2 rings (SSSR count). The number of hydrogen-bond acceptors (Lipinski definition) is 5. The summed E-state index contributed by atoms with van der Waals surface area (Å²) in [6.07, 6.45) is 11.3. The Morgan fingerprint density at radius 2 is 1.34 bits per heavy atom. The maximum atomic E-state index is 13.0. The SMILES string of the molecule is C=CCCCCCCCCCOc1ccc(CN(Cc2ccc(C(=O)OC)cc2)C(=O)OC(C)(C)C)cc1. The second-order valence-corrected chi connectivity index (χ2v) is 10.6. The van der Waals surface area contributed by atoms with Crippen LogP contribution in [0.3, 0.4) is 0 Å². The Bertz CT molecular complexity index is 976. The second-order valence-electron chi connectivity index (χ2n) is 10.6. The number of rotatable bonds is 16. The molecule has 208 valence electrons. The highest BCUT2D eigenvalue weighted by Crippen LogP contribution is 2.19. The molecule has 0 atom stereocenters. The summed E-state index contributed by atoms with van der Waals surface area (Å²) in [5.74, 6) is 0.443. The quantitative estimate of drug-likeness (QED) is 0.126. The number of esters is 1. The van der Waals surface area contributed by atoms with Gasteiger partial charge in [0.15, 0.2) is 0 Å². The molecule has 0 heterocycles. The molecule has 0 aliphatic carbocycles. The summed E-state index contributed by atoms with van der Waals surface area (Å²) < 4.78 is 16.3. The van der Waals surface area contributed by atoms with Gasteiger partial charge < -0.3 is 14.2 Å². The van der Waals surface area contributed by atoms with Gasteiger partial charge in [0.05, 0.1) is 19.3 Å². The Hall–Kier alpha value is -3.28. The zero-order valence-corrected chi connectivity index (χ0v) is 23.7. The molecule has 6 nitrogen and oxygen atoms in total. The fourth-order valence-corrected chi connectivity index (χ4v) is 3.97. The molecule has 2 aromatic carbocycles. The van der Waals surface area contributed by atoms with E-state index in [2.05, 4.69) is 6.58 Å². The molecule has 1 amide bonds. The topological polar surface area (TPSA) is 65.1 Å². The lowest BCUT2D eigenvalue weighted by atomic mass is 10.1. The standard InChI is InChI=1S/C32H45NO5/c1-6-7-8-9-10-11-12-13-14-23-37-29-21-17-27(18-22-29)25-33(31(35)38-32(2,3)4)24-26-15-19-28(20-16-26)30(34)36-5/h6,15-22H,1,7-14,23-25H2,2-5H3. The summed E-state index contributed by atoms with van der Waals surface area (Å²) in [5.41, 5.74) is 1.73. The monoisotopic (exact) mass is 523 g/mol.